The Bertz CT molecular complexity index is 546. The van der Waals surface area contributed by atoms with E-state index in [1.165, 1.54) is 6.33 Å². The highest BCUT2D eigenvalue weighted by atomic mass is 16.3. The van der Waals surface area contributed by atoms with Gasteiger partial charge in [-0.1, -0.05) is 6.92 Å². The van der Waals surface area contributed by atoms with Gasteiger partial charge < -0.3 is 15.1 Å². The lowest BCUT2D eigenvalue weighted by Crippen LogP contribution is -2.38. The molecule has 0 saturated heterocycles. The standard InChI is InChI=1S/C14H22N6O/c1-3-7-15-14(16-8-6-12-5-4-9-21-12)17-10-13-18-11-19-20(13)2/h4-5,9,11H,3,6-8,10H2,1-2H3,(H2,15,16,17). The molecule has 0 saturated carbocycles. The Balaban J connectivity index is 1.85. The van der Waals surface area contributed by atoms with Crippen molar-refractivity contribution < 1.29 is 4.42 Å². The summed E-state index contributed by atoms with van der Waals surface area (Å²) < 4.78 is 7.04. The average molecular weight is 290 g/mol. The number of guanidine groups is 1. The van der Waals surface area contributed by atoms with Crippen LogP contribution in [0.4, 0.5) is 0 Å². The molecule has 0 aliphatic carbocycles. The molecule has 0 aromatic carbocycles. The van der Waals surface area contributed by atoms with Crippen molar-refractivity contribution >= 4 is 5.96 Å². The van der Waals surface area contributed by atoms with Crippen LogP contribution in [0.15, 0.2) is 34.1 Å². The van der Waals surface area contributed by atoms with Gasteiger partial charge in [-0.05, 0) is 18.6 Å². The molecular weight excluding hydrogens is 268 g/mol. The number of aryl methyl sites for hydroxylation is 1. The fourth-order valence-electron chi connectivity index (χ4n) is 1.79. The van der Waals surface area contributed by atoms with E-state index in [9.17, 15) is 0 Å². The van der Waals surface area contributed by atoms with Crippen LogP contribution in [0.2, 0.25) is 0 Å². The maximum absolute atomic E-state index is 5.31. The molecule has 2 rings (SSSR count). The summed E-state index contributed by atoms with van der Waals surface area (Å²) in [5.41, 5.74) is 0. The average Bonchev–Trinajstić information content (AvgIpc) is 3.13. The van der Waals surface area contributed by atoms with Crippen LogP contribution in [0, 0.1) is 0 Å². The first kappa shape index (κ1) is 15.1. The van der Waals surface area contributed by atoms with Crippen molar-refractivity contribution in [3.63, 3.8) is 0 Å². The third-order valence-electron chi connectivity index (χ3n) is 2.97. The van der Waals surface area contributed by atoms with Crippen molar-refractivity contribution in [3.05, 3.63) is 36.3 Å². The topological polar surface area (TPSA) is 80.3 Å². The van der Waals surface area contributed by atoms with Crippen LogP contribution in [0.5, 0.6) is 0 Å². The molecule has 0 spiro atoms. The maximum Gasteiger partial charge on any atom is 0.191 e. The van der Waals surface area contributed by atoms with Crippen LogP contribution in [-0.2, 0) is 20.0 Å². The zero-order valence-corrected chi connectivity index (χ0v) is 12.5. The molecule has 2 N–H and O–H groups in total. The number of rotatable bonds is 7. The molecule has 0 unspecified atom stereocenters. The van der Waals surface area contributed by atoms with E-state index in [1.54, 1.807) is 10.9 Å². The predicted octanol–water partition coefficient (Wildman–Crippen LogP) is 1.10. The lowest BCUT2D eigenvalue weighted by atomic mass is 10.3. The summed E-state index contributed by atoms with van der Waals surface area (Å²) in [6.07, 6.45) is 5.09. The van der Waals surface area contributed by atoms with Crippen LogP contribution >= 0.6 is 0 Å². The number of nitrogens with zero attached hydrogens (tertiary/aromatic N) is 4. The van der Waals surface area contributed by atoms with Crippen LogP contribution in [-0.4, -0.2) is 33.8 Å². The van der Waals surface area contributed by atoms with Crippen molar-refractivity contribution in [1.29, 1.82) is 0 Å². The second kappa shape index (κ2) is 8.08. The SMILES string of the molecule is CCCNC(=NCc1ncnn1C)NCCc1ccco1. The van der Waals surface area contributed by atoms with E-state index in [-0.39, 0.29) is 0 Å². The molecule has 2 aromatic rings. The van der Waals surface area contributed by atoms with Crippen LogP contribution < -0.4 is 10.6 Å². The van der Waals surface area contributed by atoms with Crippen LogP contribution in [0.1, 0.15) is 24.9 Å². The highest BCUT2D eigenvalue weighted by molar-refractivity contribution is 5.79. The van der Waals surface area contributed by atoms with Crippen molar-refractivity contribution in [1.82, 2.24) is 25.4 Å². The van der Waals surface area contributed by atoms with Gasteiger partial charge in [0, 0.05) is 26.6 Å². The zero-order chi connectivity index (χ0) is 14.9. The van der Waals surface area contributed by atoms with Gasteiger partial charge in [0.25, 0.3) is 0 Å². The summed E-state index contributed by atoms with van der Waals surface area (Å²) in [6.45, 7) is 4.26. The molecule has 0 aliphatic rings. The summed E-state index contributed by atoms with van der Waals surface area (Å²) in [4.78, 5) is 8.69. The summed E-state index contributed by atoms with van der Waals surface area (Å²) in [7, 11) is 1.86. The molecule has 21 heavy (non-hydrogen) atoms. The maximum atomic E-state index is 5.31. The Hall–Kier alpha value is -2.31. The van der Waals surface area contributed by atoms with E-state index in [2.05, 4.69) is 32.6 Å². The number of hydrogen-bond acceptors (Lipinski definition) is 4. The van der Waals surface area contributed by atoms with E-state index in [0.29, 0.717) is 6.54 Å². The minimum absolute atomic E-state index is 0.496. The van der Waals surface area contributed by atoms with E-state index >= 15 is 0 Å². The summed E-state index contributed by atoms with van der Waals surface area (Å²) in [5.74, 6) is 2.58. The van der Waals surface area contributed by atoms with Crippen molar-refractivity contribution in [2.75, 3.05) is 13.1 Å². The molecule has 0 fully saturated rings. The second-order valence-electron chi connectivity index (χ2n) is 4.65. The number of aliphatic imine (C=N–C) groups is 1. The van der Waals surface area contributed by atoms with E-state index in [4.69, 9.17) is 4.42 Å². The molecule has 0 atom stereocenters. The lowest BCUT2D eigenvalue weighted by molar-refractivity contribution is 0.506. The first-order chi connectivity index (χ1) is 10.3. The first-order valence-corrected chi connectivity index (χ1v) is 7.17. The minimum Gasteiger partial charge on any atom is -0.469 e. The van der Waals surface area contributed by atoms with Gasteiger partial charge in [0.2, 0.25) is 0 Å². The smallest absolute Gasteiger partial charge is 0.191 e. The van der Waals surface area contributed by atoms with Crippen molar-refractivity contribution in [2.45, 2.75) is 26.3 Å². The molecule has 2 heterocycles. The molecular formula is C14H22N6O. The Morgan fingerprint density at radius 1 is 1.38 bits per heavy atom. The zero-order valence-electron chi connectivity index (χ0n) is 12.5. The second-order valence-corrected chi connectivity index (χ2v) is 4.65. The van der Waals surface area contributed by atoms with Gasteiger partial charge in [-0.2, -0.15) is 5.10 Å². The van der Waals surface area contributed by atoms with Gasteiger partial charge in [-0.25, -0.2) is 9.98 Å². The minimum atomic E-state index is 0.496. The normalized spacial score (nSPS) is 11.6. The Morgan fingerprint density at radius 2 is 2.24 bits per heavy atom. The number of furan rings is 1. The fourth-order valence-corrected chi connectivity index (χ4v) is 1.79. The lowest BCUT2D eigenvalue weighted by Gasteiger charge is -2.11. The molecule has 0 aliphatic heterocycles. The number of aromatic nitrogens is 3. The third-order valence-corrected chi connectivity index (χ3v) is 2.97. The quantitative estimate of drug-likeness (QED) is 0.589. The molecule has 114 valence electrons. The Kier molecular flexibility index (Phi) is 5.81. The molecule has 7 nitrogen and oxygen atoms in total. The highest BCUT2D eigenvalue weighted by Gasteiger charge is 2.02. The summed E-state index contributed by atoms with van der Waals surface area (Å²) in [6, 6.07) is 3.87. The number of nitrogens with one attached hydrogen (secondary N) is 2. The van der Waals surface area contributed by atoms with E-state index < -0.39 is 0 Å². The van der Waals surface area contributed by atoms with Crippen molar-refractivity contribution in [3.8, 4) is 0 Å². The van der Waals surface area contributed by atoms with Crippen LogP contribution in [0.3, 0.4) is 0 Å². The predicted molar refractivity (Wildman–Crippen MR) is 80.9 cm³/mol. The fraction of sp³-hybridized carbons (Fsp3) is 0.500. The van der Waals surface area contributed by atoms with Crippen molar-refractivity contribution in [2.24, 2.45) is 12.0 Å². The summed E-state index contributed by atoms with van der Waals surface area (Å²) in [5, 5.41) is 10.6. The Labute approximate surface area is 124 Å². The van der Waals surface area contributed by atoms with E-state index in [1.807, 2.05) is 19.2 Å². The van der Waals surface area contributed by atoms with E-state index in [0.717, 1.165) is 43.5 Å². The highest BCUT2D eigenvalue weighted by Crippen LogP contribution is 1.99. The molecule has 0 amide bonds. The Morgan fingerprint density at radius 3 is 2.90 bits per heavy atom. The first-order valence-electron chi connectivity index (χ1n) is 7.17. The van der Waals surface area contributed by atoms with Gasteiger partial charge >= 0.3 is 0 Å². The molecule has 2 aromatic heterocycles. The molecule has 7 heteroatoms. The third kappa shape index (κ3) is 4.94. The van der Waals surface area contributed by atoms with Gasteiger partial charge in [0.15, 0.2) is 5.96 Å². The van der Waals surface area contributed by atoms with Gasteiger partial charge in [-0.3, -0.25) is 4.68 Å². The molecule has 0 bridgehead atoms. The van der Waals surface area contributed by atoms with Gasteiger partial charge in [-0.15, -0.1) is 0 Å². The number of hydrogen-bond donors (Lipinski definition) is 2. The molecule has 0 radical (unpaired) electrons. The van der Waals surface area contributed by atoms with Gasteiger partial charge in [0.05, 0.1) is 6.26 Å². The van der Waals surface area contributed by atoms with Crippen LogP contribution in [0.25, 0.3) is 0 Å². The van der Waals surface area contributed by atoms with Gasteiger partial charge in [0.1, 0.15) is 24.5 Å². The monoisotopic (exact) mass is 290 g/mol. The summed E-state index contributed by atoms with van der Waals surface area (Å²) >= 11 is 0. The largest absolute Gasteiger partial charge is 0.469 e.